The molecular formula is C49H76O19. The van der Waals surface area contributed by atoms with Crippen LogP contribution >= 0.6 is 0 Å². The second-order valence-electron chi connectivity index (χ2n) is 23.6. The predicted octanol–water partition coefficient (Wildman–Crippen LogP) is 2.01. The number of aliphatic carboxylic acids is 2. The standard InChI is InChI=1S/C49H76O19/c1-21-30(52)32(54)35(57)40(63-21)67-37-31(53)25(51)20-62-41(37)68-38-34(56)33(55)36(39(58)59)66-42(38)65-28-13-14-47(7)26(44(28,3)4)12-15-49(9)27(47)11-10-23-24-18-45(5,43(60)61)19-29(64-22(2)50)46(24,6)16-17-48(23,49)8/h10,21,24-38,40-42,51-57H,11-20H2,1-9H3,(H,58,59)(H,60,61)/t21-,24-,25+,26?,27?,28-,29+,30-,31-,32+,33-,34-,35+,36-,37+,38+,40-,41-,42+,45+,46+,47-,48+,49+/m0/s1. The minimum Gasteiger partial charge on any atom is -0.481 e. The summed E-state index contributed by atoms with van der Waals surface area (Å²) in [4.78, 5) is 37.8. The molecule has 8 aliphatic rings. The number of fused-ring (bicyclic) bond motifs is 7. The summed E-state index contributed by atoms with van der Waals surface area (Å²) < 4.78 is 42.2. The Labute approximate surface area is 397 Å². The third-order valence-corrected chi connectivity index (χ3v) is 19.6. The van der Waals surface area contributed by atoms with Crippen LogP contribution in [0.3, 0.4) is 0 Å². The average Bonchev–Trinajstić information content (AvgIpc) is 3.25. The van der Waals surface area contributed by atoms with Gasteiger partial charge in [0.25, 0.3) is 0 Å². The number of hydrogen-bond acceptors (Lipinski definition) is 17. The highest BCUT2D eigenvalue weighted by atomic mass is 16.8. The molecule has 7 fully saturated rings. The Balaban J connectivity index is 1.05. The van der Waals surface area contributed by atoms with Gasteiger partial charge in [-0.2, -0.15) is 0 Å². The molecule has 24 atom stereocenters. The lowest BCUT2D eigenvalue weighted by Crippen LogP contribution is -2.67. The quantitative estimate of drug-likeness (QED) is 0.0907. The number of carboxylic acid groups (broad SMARTS) is 2. The highest BCUT2D eigenvalue weighted by Gasteiger charge is 2.70. The molecule has 0 amide bonds. The lowest BCUT2D eigenvalue weighted by Gasteiger charge is -2.71. The molecule has 19 heteroatoms. The Morgan fingerprint density at radius 3 is 1.97 bits per heavy atom. The van der Waals surface area contributed by atoms with Gasteiger partial charge < -0.3 is 79.1 Å². The van der Waals surface area contributed by atoms with Crippen molar-refractivity contribution in [3.8, 4) is 0 Å². The first-order chi connectivity index (χ1) is 31.6. The normalized spacial score (nSPS) is 53.4. The van der Waals surface area contributed by atoms with Crippen LogP contribution in [0.4, 0.5) is 0 Å². The van der Waals surface area contributed by atoms with E-state index in [0.717, 1.165) is 38.5 Å². The van der Waals surface area contributed by atoms with Crippen LogP contribution in [0.15, 0.2) is 11.6 Å². The maximum atomic E-state index is 12.9. The molecule has 68 heavy (non-hydrogen) atoms. The number of ether oxygens (including phenoxy) is 7. The monoisotopic (exact) mass is 968 g/mol. The second-order valence-corrected chi connectivity index (χ2v) is 23.6. The van der Waals surface area contributed by atoms with Gasteiger partial charge in [0.2, 0.25) is 0 Å². The summed E-state index contributed by atoms with van der Waals surface area (Å²) in [5.74, 6) is -2.63. The third kappa shape index (κ3) is 8.09. The summed E-state index contributed by atoms with van der Waals surface area (Å²) >= 11 is 0. The molecule has 3 saturated heterocycles. The van der Waals surface area contributed by atoms with Crippen molar-refractivity contribution in [2.45, 2.75) is 218 Å². The fourth-order valence-corrected chi connectivity index (χ4v) is 15.1. The van der Waals surface area contributed by atoms with E-state index in [2.05, 4.69) is 47.6 Å². The van der Waals surface area contributed by atoms with Gasteiger partial charge in [0.1, 0.15) is 61.0 Å². The fraction of sp³-hybridized carbons (Fsp3) is 0.898. The van der Waals surface area contributed by atoms with Crippen molar-refractivity contribution in [2.75, 3.05) is 6.61 Å². The number of hydrogen-bond donors (Lipinski definition) is 9. The Hall–Kier alpha value is -2.37. The Morgan fingerprint density at radius 1 is 0.662 bits per heavy atom. The van der Waals surface area contributed by atoms with E-state index in [1.54, 1.807) is 6.92 Å². The van der Waals surface area contributed by atoms with Crippen molar-refractivity contribution in [2.24, 2.45) is 50.2 Å². The average molecular weight is 969 g/mol. The summed E-state index contributed by atoms with van der Waals surface area (Å²) in [6.45, 7) is 17.7. The van der Waals surface area contributed by atoms with E-state index in [4.69, 9.17) is 33.2 Å². The maximum Gasteiger partial charge on any atom is 0.335 e. The van der Waals surface area contributed by atoms with Gasteiger partial charge in [0.15, 0.2) is 25.0 Å². The Kier molecular flexibility index (Phi) is 13.7. The lowest BCUT2D eigenvalue weighted by atomic mass is 9.33. The van der Waals surface area contributed by atoms with Crippen molar-refractivity contribution < 1.29 is 93.5 Å². The van der Waals surface area contributed by atoms with Gasteiger partial charge >= 0.3 is 17.9 Å². The van der Waals surface area contributed by atoms with Crippen molar-refractivity contribution in [3.05, 3.63) is 11.6 Å². The summed E-state index contributed by atoms with van der Waals surface area (Å²) in [5, 5.41) is 96.4. The predicted molar refractivity (Wildman–Crippen MR) is 235 cm³/mol. The molecule has 0 aromatic rings. The molecule has 8 rings (SSSR count). The van der Waals surface area contributed by atoms with Crippen molar-refractivity contribution >= 4 is 17.9 Å². The first kappa shape index (κ1) is 52.0. The SMILES string of the molecule is CC(=O)O[C@@H]1C[C@](C)(C(=O)O)C[C@H]2C3=CCC4[C@@]5(C)CC[C@H](O[C@@H]6O[C@H](C(=O)O)[C@@H](O)[C@H](O)[C@H]6O[C@@H]6OC[C@@H](O)[C@H](O)[C@H]6O[C@@H]6O[C@@H](C)[C@H](O)[C@@H](O)[C@H]6O)C(C)(C)C5CC[C@@]4(C)[C@]3(C)CC[C@@]12C. The number of carbonyl (C=O) groups is 3. The molecule has 2 unspecified atom stereocenters. The number of aliphatic hydroxyl groups is 7. The summed E-state index contributed by atoms with van der Waals surface area (Å²) in [6.07, 6.45) is -16.0. The molecule has 0 bridgehead atoms. The molecule has 0 spiro atoms. The van der Waals surface area contributed by atoms with Gasteiger partial charge in [-0.05, 0) is 105 Å². The number of carboxylic acids is 2. The molecule has 3 aliphatic heterocycles. The van der Waals surface area contributed by atoms with Gasteiger partial charge in [-0.3, -0.25) is 9.59 Å². The van der Waals surface area contributed by atoms with Crippen LogP contribution in [0.2, 0.25) is 0 Å². The van der Waals surface area contributed by atoms with E-state index in [1.165, 1.54) is 19.4 Å². The van der Waals surface area contributed by atoms with E-state index in [9.17, 15) is 60.3 Å². The molecule has 0 aromatic heterocycles. The highest BCUT2D eigenvalue weighted by Crippen LogP contribution is 2.76. The van der Waals surface area contributed by atoms with Gasteiger partial charge in [-0.15, -0.1) is 0 Å². The minimum absolute atomic E-state index is 0.0839. The van der Waals surface area contributed by atoms with Crippen LogP contribution in [0.1, 0.15) is 120 Å². The smallest absolute Gasteiger partial charge is 0.335 e. The fourth-order valence-electron chi connectivity index (χ4n) is 15.1. The summed E-state index contributed by atoms with van der Waals surface area (Å²) in [7, 11) is 0. The van der Waals surface area contributed by atoms with Crippen LogP contribution in [0.5, 0.6) is 0 Å². The summed E-state index contributed by atoms with van der Waals surface area (Å²) in [6, 6.07) is 0. The molecule has 19 nitrogen and oxygen atoms in total. The number of allylic oxidation sites excluding steroid dienone is 2. The van der Waals surface area contributed by atoms with Crippen molar-refractivity contribution in [3.63, 3.8) is 0 Å². The molecule has 0 radical (unpaired) electrons. The van der Waals surface area contributed by atoms with Crippen molar-refractivity contribution in [1.29, 1.82) is 0 Å². The molecule has 4 saturated carbocycles. The summed E-state index contributed by atoms with van der Waals surface area (Å²) in [5.41, 5.74) is -1.43. The largest absolute Gasteiger partial charge is 0.481 e. The lowest BCUT2D eigenvalue weighted by molar-refractivity contribution is -0.386. The molecule has 5 aliphatic carbocycles. The van der Waals surface area contributed by atoms with Crippen molar-refractivity contribution in [1.82, 2.24) is 0 Å². The van der Waals surface area contributed by atoms with E-state index >= 15 is 0 Å². The zero-order chi connectivity index (χ0) is 50.0. The number of carbonyl (C=O) groups excluding carboxylic acids is 1. The van der Waals surface area contributed by atoms with Gasteiger partial charge in [-0.25, -0.2) is 4.79 Å². The highest BCUT2D eigenvalue weighted by molar-refractivity contribution is 5.75. The second kappa shape index (κ2) is 18.0. The van der Waals surface area contributed by atoms with Crippen LogP contribution in [0.25, 0.3) is 0 Å². The number of rotatable bonds is 9. The Bertz CT molecular complexity index is 1960. The first-order valence-electron chi connectivity index (χ1n) is 24.5. The van der Waals surface area contributed by atoms with E-state index in [0.29, 0.717) is 12.8 Å². The zero-order valence-electron chi connectivity index (χ0n) is 40.7. The number of esters is 1. The maximum absolute atomic E-state index is 12.9. The molecule has 3 heterocycles. The topological polar surface area (TPSA) is 298 Å². The zero-order valence-corrected chi connectivity index (χ0v) is 40.7. The Morgan fingerprint density at radius 2 is 1.32 bits per heavy atom. The van der Waals surface area contributed by atoms with Crippen LogP contribution in [-0.2, 0) is 47.5 Å². The van der Waals surface area contributed by atoms with Crippen LogP contribution in [0, 0.1) is 50.2 Å². The first-order valence-corrected chi connectivity index (χ1v) is 24.5. The van der Waals surface area contributed by atoms with Crippen LogP contribution in [-0.4, -0.2) is 169 Å². The molecule has 386 valence electrons. The van der Waals surface area contributed by atoms with E-state index < -0.39 is 139 Å². The van der Waals surface area contributed by atoms with E-state index in [1.807, 2.05) is 0 Å². The third-order valence-electron chi connectivity index (χ3n) is 19.6. The minimum atomic E-state index is -2.00. The number of aliphatic hydroxyl groups excluding tert-OH is 7. The molecule has 9 N–H and O–H groups in total. The molecular weight excluding hydrogens is 893 g/mol. The molecule has 0 aromatic carbocycles. The van der Waals surface area contributed by atoms with Crippen LogP contribution < -0.4 is 0 Å². The van der Waals surface area contributed by atoms with Gasteiger partial charge in [-0.1, -0.05) is 53.2 Å². The van der Waals surface area contributed by atoms with E-state index in [-0.39, 0.29) is 40.4 Å². The van der Waals surface area contributed by atoms with Gasteiger partial charge in [0.05, 0.1) is 24.2 Å². The van der Waals surface area contributed by atoms with Gasteiger partial charge in [0, 0.05) is 18.8 Å².